The van der Waals surface area contributed by atoms with E-state index in [9.17, 15) is 9.59 Å². The second-order valence-corrected chi connectivity index (χ2v) is 9.92. The number of unbranched alkanes of at least 4 members (excludes halogenated alkanes) is 1. The highest BCUT2D eigenvalue weighted by atomic mass is 32.1. The first kappa shape index (κ1) is 21.3. The molecule has 0 aliphatic carbocycles. The number of fused-ring (bicyclic) bond motifs is 6. The van der Waals surface area contributed by atoms with Crippen LogP contribution in [-0.2, 0) is 6.54 Å². The smallest absolute Gasteiger partial charge is 0.328 e. The van der Waals surface area contributed by atoms with Crippen LogP contribution in [0.15, 0.2) is 40.2 Å². The van der Waals surface area contributed by atoms with Gasteiger partial charge in [0.2, 0.25) is 0 Å². The van der Waals surface area contributed by atoms with Gasteiger partial charge in [-0.25, -0.2) is 14.8 Å². The summed E-state index contributed by atoms with van der Waals surface area (Å²) >= 11 is 1.27. The maximum absolute atomic E-state index is 13.0. The van der Waals surface area contributed by atoms with E-state index < -0.39 is 5.69 Å². The molecular weight excluding hydrogens is 454 g/mol. The molecule has 5 heterocycles. The lowest BCUT2D eigenvalue weighted by molar-refractivity contribution is 0.209. The van der Waals surface area contributed by atoms with E-state index in [0.717, 1.165) is 50.6 Å². The summed E-state index contributed by atoms with van der Waals surface area (Å²) in [5.41, 5.74) is 1.58. The fraction of sp³-hybridized carbons (Fsp3) is 0.417. The maximum Gasteiger partial charge on any atom is 0.328 e. The topological polar surface area (TPSA) is 102 Å². The van der Waals surface area contributed by atoms with Crippen molar-refractivity contribution in [2.24, 2.45) is 5.92 Å². The van der Waals surface area contributed by atoms with E-state index in [1.165, 1.54) is 21.5 Å². The first-order valence-electron chi connectivity index (χ1n) is 11.5. The molecule has 1 N–H and O–H groups in total. The summed E-state index contributed by atoms with van der Waals surface area (Å²) in [5, 5.41) is 0. The van der Waals surface area contributed by atoms with Gasteiger partial charge in [0.25, 0.3) is 5.56 Å². The Kier molecular flexibility index (Phi) is 5.34. The summed E-state index contributed by atoms with van der Waals surface area (Å²) in [5.74, 6) is 2.69. The molecule has 10 heteroatoms. The molecular formula is C24H25N5O4S. The van der Waals surface area contributed by atoms with Gasteiger partial charge in [-0.2, -0.15) is 0 Å². The van der Waals surface area contributed by atoms with E-state index in [0.29, 0.717) is 38.9 Å². The minimum atomic E-state index is -0.393. The summed E-state index contributed by atoms with van der Waals surface area (Å²) < 4.78 is 13.4. The highest BCUT2D eigenvalue weighted by molar-refractivity contribution is 7.25. The SMILES string of the molecule is COc1cccc2c1[C@@H]1CN(CCCCn3c(=O)[nH]c4c(sc5nccnc54)c3=O)C[C@H]1CO2. The molecule has 1 aromatic carbocycles. The number of hydrogen-bond acceptors (Lipinski definition) is 8. The summed E-state index contributed by atoms with van der Waals surface area (Å²) in [4.78, 5) is 40.1. The number of thiophene rings is 1. The highest BCUT2D eigenvalue weighted by Gasteiger charge is 2.40. The Hall–Kier alpha value is -3.24. The summed E-state index contributed by atoms with van der Waals surface area (Å²) in [6, 6.07) is 5.99. The van der Waals surface area contributed by atoms with Gasteiger partial charge in [0.15, 0.2) is 0 Å². The van der Waals surface area contributed by atoms with Crippen molar-refractivity contribution in [3.8, 4) is 11.5 Å². The molecule has 4 aromatic rings. The summed E-state index contributed by atoms with van der Waals surface area (Å²) in [6.45, 7) is 3.99. The van der Waals surface area contributed by atoms with Gasteiger partial charge in [0.05, 0.1) is 19.2 Å². The zero-order chi connectivity index (χ0) is 23.2. The Morgan fingerprint density at radius 1 is 1.18 bits per heavy atom. The van der Waals surface area contributed by atoms with Crippen molar-refractivity contribution in [3.05, 3.63) is 57.0 Å². The molecule has 0 spiro atoms. The average Bonchev–Trinajstić information content (AvgIpc) is 3.44. The van der Waals surface area contributed by atoms with Crippen LogP contribution in [0.4, 0.5) is 0 Å². The number of benzene rings is 1. The monoisotopic (exact) mass is 479 g/mol. The van der Waals surface area contributed by atoms with Crippen LogP contribution in [0.2, 0.25) is 0 Å². The third-order valence-electron chi connectivity index (χ3n) is 6.94. The van der Waals surface area contributed by atoms with E-state index in [1.54, 1.807) is 19.5 Å². The standard InChI is InChI=1S/C24H25N5O4S/c1-32-16-5-4-6-17-18(16)15-12-28(11-14(15)13-33-17)9-2-3-10-29-23(30)21-19(27-24(29)31)20-22(34-21)26-8-7-25-20/h4-8,14-15H,2-3,9-13H2,1H3,(H,27,31)/t14-,15+/m0/s1. The molecule has 9 nitrogen and oxygen atoms in total. The largest absolute Gasteiger partial charge is 0.496 e. The van der Waals surface area contributed by atoms with E-state index in [4.69, 9.17) is 9.47 Å². The van der Waals surface area contributed by atoms with Gasteiger partial charge < -0.3 is 19.4 Å². The van der Waals surface area contributed by atoms with Crippen LogP contribution in [0.3, 0.4) is 0 Å². The lowest BCUT2D eigenvalue weighted by Crippen LogP contribution is -2.34. The second kappa shape index (κ2) is 8.52. The van der Waals surface area contributed by atoms with Crippen molar-refractivity contribution < 1.29 is 9.47 Å². The van der Waals surface area contributed by atoms with Crippen LogP contribution >= 0.6 is 11.3 Å². The molecule has 1 saturated heterocycles. The minimum Gasteiger partial charge on any atom is -0.496 e. The fourth-order valence-corrected chi connectivity index (χ4v) is 6.33. The number of H-pyrrole nitrogens is 1. The summed E-state index contributed by atoms with van der Waals surface area (Å²) in [6.07, 6.45) is 4.80. The van der Waals surface area contributed by atoms with Gasteiger partial charge in [-0.15, -0.1) is 11.3 Å². The Morgan fingerprint density at radius 2 is 2.03 bits per heavy atom. The minimum absolute atomic E-state index is 0.267. The molecule has 176 valence electrons. The van der Waals surface area contributed by atoms with Crippen molar-refractivity contribution in [2.45, 2.75) is 25.3 Å². The zero-order valence-electron chi connectivity index (χ0n) is 18.8. The van der Waals surface area contributed by atoms with E-state index >= 15 is 0 Å². The first-order valence-corrected chi connectivity index (χ1v) is 12.3. The van der Waals surface area contributed by atoms with Crippen LogP contribution < -0.4 is 20.7 Å². The molecule has 2 aliphatic heterocycles. The predicted molar refractivity (Wildman–Crippen MR) is 130 cm³/mol. The quantitative estimate of drug-likeness (QED) is 0.424. The molecule has 3 aromatic heterocycles. The van der Waals surface area contributed by atoms with Crippen LogP contribution in [0, 0.1) is 5.92 Å². The second-order valence-electron chi connectivity index (χ2n) is 8.92. The lowest BCUT2D eigenvalue weighted by atomic mass is 9.86. The third kappa shape index (κ3) is 3.48. The molecule has 6 rings (SSSR count). The normalized spacial score (nSPS) is 19.8. The van der Waals surface area contributed by atoms with Crippen molar-refractivity contribution in [1.29, 1.82) is 0 Å². The maximum atomic E-state index is 13.0. The van der Waals surface area contributed by atoms with Crippen LogP contribution in [0.1, 0.15) is 24.3 Å². The van der Waals surface area contributed by atoms with E-state index in [2.05, 4.69) is 19.9 Å². The first-order chi connectivity index (χ1) is 16.6. The number of rotatable bonds is 6. The molecule has 2 aliphatic rings. The van der Waals surface area contributed by atoms with Crippen LogP contribution in [-0.4, -0.2) is 57.8 Å². The number of nitrogens with one attached hydrogen (secondary N) is 1. The number of methoxy groups -OCH3 is 1. The number of aromatic nitrogens is 4. The number of nitrogens with zero attached hydrogens (tertiary/aromatic N) is 4. The van der Waals surface area contributed by atoms with E-state index in [-0.39, 0.29) is 5.56 Å². The van der Waals surface area contributed by atoms with Crippen LogP contribution in [0.25, 0.3) is 20.6 Å². The highest BCUT2D eigenvalue weighted by Crippen LogP contribution is 2.46. The molecule has 0 saturated carbocycles. The predicted octanol–water partition coefficient (Wildman–Crippen LogP) is 2.59. The molecule has 34 heavy (non-hydrogen) atoms. The Balaban J connectivity index is 1.12. The molecule has 0 amide bonds. The van der Waals surface area contributed by atoms with Crippen molar-refractivity contribution in [1.82, 2.24) is 24.4 Å². The van der Waals surface area contributed by atoms with Gasteiger partial charge in [-0.1, -0.05) is 6.07 Å². The fourth-order valence-electron chi connectivity index (χ4n) is 5.32. The van der Waals surface area contributed by atoms with Crippen molar-refractivity contribution in [2.75, 3.05) is 33.4 Å². The van der Waals surface area contributed by atoms with Crippen molar-refractivity contribution >= 4 is 31.9 Å². The molecule has 2 atom stereocenters. The van der Waals surface area contributed by atoms with Gasteiger partial charge >= 0.3 is 5.69 Å². The van der Waals surface area contributed by atoms with E-state index in [1.807, 2.05) is 18.2 Å². The molecule has 1 fully saturated rings. The molecule has 0 unspecified atom stereocenters. The number of aromatic amines is 1. The van der Waals surface area contributed by atoms with Crippen molar-refractivity contribution in [3.63, 3.8) is 0 Å². The van der Waals surface area contributed by atoms with Crippen LogP contribution in [0.5, 0.6) is 11.5 Å². The van der Waals surface area contributed by atoms with Gasteiger partial charge in [0, 0.05) is 49.4 Å². The Bertz CT molecular complexity index is 1480. The average molecular weight is 480 g/mol. The number of hydrogen-bond donors (Lipinski definition) is 1. The number of ether oxygens (including phenoxy) is 2. The molecule has 0 radical (unpaired) electrons. The molecule has 0 bridgehead atoms. The zero-order valence-corrected chi connectivity index (χ0v) is 19.6. The lowest BCUT2D eigenvalue weighted by Gasteiger charge is -2.29. The number of likely N-dealkylation sites (tertiary alicyclic amines) is 1. The van der Waals surface area contributed by atoms with Gasteiger partial charge in [-0.05, 0) is 31.5 Å². The van der Waals surface area contributed by atoms with Gasteiger partial charge in [0.1, 0.15) is 26.5 Å². The van der Waals surface area contributed by atoms with Gasteiger partial charge in [-0.3, -0.25) is 9.36 Å². The third-order valence-corrected chi connectivity index (χ3v) is 8.01. The Labute approximate surface area is 199 Å². The summed E-state index contributed by atoms with van der Waals surface area (Å²) in [7, 11) is 1.71. The Morgan fingerprint density at radius 3 is 2.91 bits per heavy atom.